The highest BCUT2D eigenvalue weighted by Gasteiger charge is 2.50. The van der Waals surface area contributed by atoms with E-state index in [0.717, 1.165) is 34.7 Å². The number of esters is 2. The molecule has 16 heteroatoms. The predicted molar refractivity (Wildman–Crippen MR) is 208 cm³/mol. The SMILES string of the molecule is CCC1(OC(=O)NCCOCCOCCOCCOCCOC(=O)CCCCC2CCSS2)C(=O)OCc2c1cc1n(c2=O)-c2cc3ccccc3nc2C1. The van der Waals surface area contributed by atoms with E-state index in [1.54, 1.807) is 17.6 Å². The molecule has 1 saturated heterocycles. The fraction of sp³-hybridized carbons (Fsp3) is 0.564. The average Bonchev–Trinajstić information content (AvgIpc) is 3.84. The number of carbonyl (C=O) groups is 3. The van der Waals surface area contributed by atoms with Crippen molar-refractivity contribution >= 4 is 50.5 Å². The lowest BCUT2D eigenvalue weighted by Gasteiger charge is -2.35. The molecule has 0 radical (unpaired) electrons. The summed E-state index contributed by atoms with van der Waals surface area (Å²) in [6.45, 7) is 4.60. The van der Waals surface area contributed by atoms with Gasteiger partial charge in [-0.2, -0.15) is 0 Å². The molecule has 2 aromatic heterocycles. The quantitative estimate of drug-likeness (QED) is 0.0489. The number of carbonyl (C=O) groups excluding carboxylic acids is 3. The predicted octanol–water partition coefficient (Wildman–Crippen LogP) is 5.00. The molecule has 1 fully saturated rings. The number of nitrogens with one attached hydrogen (secondary N) is 1. The van der Waals surface area contributed by atoms with Crippen molar-refractivity contribution in [3.05, 3.63) is 69.3 Å². The highest BCUT2D eigenvalue weighted by atomic mass is 33.1. The van der Waals surface area contributed by atoms with Crippen LogP contribution in [0.1, 0.15) is 68.0 Å². The van der Waals surface area contributed by atoms with E-state index >= 15 is 0 Å². The molecule has 0 spiro atoms. The van der Waals surface area contributed by atoms with E-state index in [0.29, 0.717) is 76.0 Å². The first-order chi connectivity index (χ1) is 26.9. The summed E-state index contributed by atoms with van der Waals surface area (Å²) < 4.78 is 40.0. The number of hydrogen-bond acceptors (Lipinski definition) is 14. The van der Waals surface area contributed by atoms with Gasteiger partial charge in [-0.25, -0.2) is 9.59 Å². The van der Waals surface area contributed by atoms with Gasteiger partial charge in [0.05, 0.1) is 75.3 Å². The highest BCUT2D eigenvalue weighted by Crippen LogP contribution is 2.40. The summed E-state index contributed by atoms with van der Waals surface area (Å²) >= 11 is 0. The summed E-state index contributed by atoms with van der Waals surface area (Å²) in [5.41, 5.74) is 1.45. The molecule has 3 aromatic rings. The second kappa shape index (κ2) is 20.5. The minimum Gasteiger partial charge on any atom is -0.463 e. The molecule has 3 aliphatic rings. The van der Waals surface area contributed by atoms with Gasteiger partial charge >= 0.3 is 18.0 Å². The summed E-state index contributed by atoms with van der Waals surface area (Å²) in [5.74, 6) is 0.340. The third-order valence-corrected chi connectivity index (χ3v) is 12.6. The largest absolute Gasteiger partial charge is 0.463 e. The second-order valence-corrected chi connectivity index (χ2v) is 16.1. The van der Waals surface area contributed by atoms with Gasteiger partial charge in [0.1, 0.15) is 13.2 Å². The van der Waals surface area contributed by atoms with E-state index in [4.69, 9.17) is 38.1 Å². The Morgan fingerprint density at radius 3 is 2.42 bits per heavy atom. The number of unbranched alkanes of at least 4 members (excludes halogenated alkanes) is 1. The molecule has 2 atom stereocenters. The minimum atomic E-state index is -1.77. The number of para-hydroxylation sites is 1. The van der Waals surface area contributed by atoms with Crippen molar-refractivity contribution in [1.82, 2.24) is 14.9 Å². The summed E-state index contributed by atoms with van der Waals surface area (Å²) in [4.78, 5) is 56.6. The number of hydrogen-bond donors (Lipinski definition) is 1. The summed E-state index contributed by atoms with van der Waals surface area (Å²) in [6, 6.07) is 11.4. The number of cyclic esters (lactones) is 1. The number of benzene rings is 1. The Kier molecular flexibility index (Phi) is 15.3. The van der Waals surface area contributed by atoms with E-state index in [-0.39, 0.29) is 49.9 Å². The monoisotopic (exact) mass is 799 g/mol. The van der Waals surface area contributed by atoms with Crippen LogP contribution < -0.4 is 10.9 Å². The number of rotatable bonds is 22. The number of nitrogens with zero attached hydrogens (tertiary/aromatic N) is 2. The van der Waals surface area contributed by atoms with Crippen LogP contribution in [0.25, 0.3) is 16.6 Å². The molecule has 0 aliphatic carbocycles. The number of alkyl carbamates (subject to hydrolysis) is 1. The topological polar surface area (TPSA) is 163 Å². The van der Waals surface area contributed by atoms with Gasteiger partial charge in [0.2, 0.25) is 5.60 Å². The Balaban J connectivity index is 0.816. The van der Waals surface area contributed by atoms with Gasteiger partial charge in [-0.05, 0) is 43.9 Å². The summed E-state index contributed by atoms with van der Waals surface area (Å²) in [5, 5.41) is 4.27. The molecule has 0 saturated carbocycles. The number of fused-ring (bicyclic) bond motifs is 5. The van der Waals surface area contributed by atoms with E-state index in [2.05, 4.69) is 5.32 Å². The van der Waals surface area contributed by atoms with E-state index in [1.807, 2.05) is 51.9 Å². The van der Waals surface area contributed by atoms with Crippen molar-refractivity contribution in [1.29, 1.82) is 0 Å². The van der Waals surface area contributed by atoms with Gasteiger partial charge < -0.3 is 38.5 Å². The molecule has 3 aliphatic heterocycles. The van der Waals surface area contributed by atoms with Gasteiger partial charge in [-0.1, -0.05) is 53.1 Å². The van der Waals surface area contributed by atoms with Crippen molar-refractivity contribution in [2.45, 2.75) is 69.3 Å². The van der Waals surface area contributed by atoms with Crippen LogP contribution in [-0.2, 0) is 61.4 Å². The number of amides is 1. The highest BCUT2D eigenvalue weighted by molar-refractivity contribution is 8.77. The molecule has 1 amide bonds. The molecule has 5 heterocycles. The molecular formula is C39H49N3O11S2. The molecule has 2 unspecified atom stereocenters. The lowest BCUT2D eigenvalue weighted by molar-refractivity contribution is -0.172. The minimum absolute atomic E-state index is 0.0747. The molecular weight excluding hydrogens is 751 g/mol. The Morgan fingerprint density at radius 2 is 1.69 bits per heavy atom. The smallest absolute Gasteiger partial charge is 0.408 e. The Hall–Kier alpha value is -3.67. The van der Waals surface area contributed by atoms with Crippen LogP contribution in [0, 0.1) is 0 Å². The third-order valence-electron chi connectivity index (χ3n) is 9.64. The zero-order chi connectivity index (χ0) is 38.5. The average molecular weight is 800 g/mol. The van der Waals surface area contributed by atoms with E-state index < -0.39 is 17.7 Å². The van der Waals surface area contributed by atoms with Crippen molar-refractivity contribution in [2.75, 3.05) is 71.8 Å². The van der Waals surface area contributed by atoms with Crippen LogP contribution in [0.3, 0.4) is 0 Å². The van der Waals surface area contributed by atoms with Gasteiger partial charge in [0.15, 0.2) is 0 Å². The van der Waals surface area contributed by atoms with Crippen molar-refractivity contribution in [2.24, 2.45) is 0 Å². The fourth-order valence-electron chi connectivity index (χ4n) is 6.77. The number of pyridine rings is 2. The van der Waals surface area contributed by atoms with Crippen LogP contribution in [0.5, 0.6) is 0 Å². The van der Waals surface area contributed by atoms with Crippen LogP contribution in [0.4, 0.5) is 4.79 Å². The lowest BCUT2D eigenvalue weighted by atomic mass is 9.85. The van der Waals surface area contributed by atoms with Gasteiger partial charge in [0, 0.05) is 47.0 Å². The number of ether oxygens (including phenoxy) is 7. The van der Waals surface area contributed by atoms with Gasteiger partial charge in [0.25, 0.3) is 5.56 Å². The second-order valence-electron chi connectivity index (χ2n) is 13.3. The number of aromatic nitrogens is 2. The lowest BCUT2D eigenvalue weighted by Crippen LogP contribution is -2.49. The Labute approximate surface area is 328 Å². The first kappa shape index (κ1) is 41.0. The Bertz CT molecular complexity index is 1850. The van der Waals surface area contributed by atoms with Gasteiger partial charge in [-0.3, -0.25) is 19.1 Å². The standard InChI is InChI=1S/C39H49N3O11S2/c1-2-39(31-24-28-25-33-34(23-27-7-3-5-9-32(27)41-33)42(28)36(44)30(31)26-52-37(39)45)53-38(46)40-12-13-47-14-15-48-16-17-49-18-19-50-20-21-51-35(43)10-6-4-8-29-11-22-54-55-29/h3,5,7,9,23-24,29H,2,4,6,8,10-22,25-26H2,1H3,(H,40,46). The first-order valence-corrected chi connectivity index (χ1v) is 21.3. The molecule has 6 rings (SSSR count). The van der Waals surface area contributed by atoms with E-state index in [9.17, 15) is 19.2 Å². The normalized spacial score (nSPS) is 18.4. The molecule has 14 nitrogen and oxygen atoms in total. The zero-order valence-corrected chi connectivity index (χ0v) is 32.8. The van der Waals surface area contributed by atoms with Crippen LogP contribution >= 0.6 is 21.6 Å². The third kappa shape index (κ3) is 10.6. The first-order valence-electron chi connectivity index (χ1n) is 19.0. The van der Waals surface area contributed by atoms with Crippen molar-refractivity contribution in [3.63, 3.8) is 0 Å². The van der Waals surface area contributed by atoms with E-state index in [1.165, 1.54) is 18.6 Å². The summed E-state index contributed by atoms with van der Waals surface area (Å²) in [6.07, 6.45) is 4.48. The van der Waals surface area contributed by atoms with Crippen LogP contribution in [0.15, 0.2) is 41.2 Å². The Morgan fingerprint density at radius 1 is 0.964 bits per heavy atom. The maximum atomic E-state index is 13.8. The molecule has 0 bridgehead atoms. The van der Waals surface area contributed by atoms with Crippen LogP contribution in [0.2, 0.25) is 0 Å². The molecule has 1 N–H and O–H groups in total. The maximum Gasteiger partial charge on any atom is 0.408 e. The molecule has 55 heavy (non-hydrogen) atoms. The van der Waals surface area contributed by atoms with Crippen LogP contribution in [-0.4, -0.2) is 105 Å². The summed E-state index contributed by atoms with van der Waals surface area (Å²) in [7, 11) is 3.91. The zero-order valence-electron chi connectivity index (χ0n) is 31.2. The van der Waals surface area contributed by atoms with Crippen molar-refractivity contribution in [3.8, 4) is 5.69 Å². The molecule has 298 valence electrons. The maximum absolute atomic E-state index is 13.8. The van der Waals surface area contributed by atoms with Gasteiger partial charge in [-0.15, -0.1) is 0 Å². The molecule has 1 aromatic carbocycles. The van der Waals surface area contributed by atoms with Crippen molar-refractivity contribution < 1.29 is 47.5 Å². The fourth-order valence-corrected chi connectivity index (χ4v) is 9.80.